The Morgan fingerprint density at radius 1 is 1.09 bits per heavy atom. The Morgan fingerprint density at radius 3 is 2.18 bits per heavy atom. The molecule has 7 atom stereocenters. The molecule has 33 heavy (non-hydrogen) atoms. The maximum absolute atomic E-state index is 13.4. The molecular weight excluding hydrogens is 601 g/mol. The van der Waals surface area contributed by atoms with Gasteiger partial charge in [-0.25, -0.2) is 4.79 Å². The number of nitrogens with zero attached hydrogens (tertiary/aromatic N) is 1. The van der Waals surface area contributed by atoms with Crippen molar-refractivity contribution in [1.29, 1.82) is 0 Å². The summed E-state index contributed by atoms with van der Waals surface area (Å²) >= 11 is 19.3. The van der Waals surface area contributed by atoms with Gasteiger partial charge in [0.05, 0.1) is 16.9 Å². The number of rotatable bonds is 7. The molecule has 10 heteroatoms. The summed E-state index contributed by atoms with van der Waals surface area (Å²) in [6.45, 7) is 3.26. The molecule has 0 aromatic heterocycles. The zero-order valence-corrected chi connectivity index (χ0v) is 22.7. The Kier molecular flexibility index (Phi) is 7.31. The summed E-state index contributed by atoms with van der Waals surface area (Å²) < 4.78 is 5.30. The van der Waals surface area contributed by atoms with Crippen molar-refractivity contribution in [2.75, 3.05) is 6.61 Å². The summed E-state index contributed by atoms with van der Waals surface area (Å²) in [6, 6.07) is 3.35. The minimum Gasteiger partial charge on any atom is -0.456 e. The molecular formula is C23H23Br2Cl2NO5. The molecule has 1 saturated heterocycles. The topological polar surface area (TPSA) is 80.8 Å². The second-order valence-electron chi connectivity index (χ2n) is 9.35. The van der Waals surface area contributed by atoms with Crippen LogP contribution in [0.15, 0.2) is 18.2 Å². The van der Waals surface area contributed by atoms with Gasteiger partial charge >= 0.3 is 5.97 Å². The van der Waals surface area contributed by atoms with Crippen LogP contribution in [0.4, 0.5) is 0 Å². The molecule has 3 fully saturated rings. The van der Waals surface area contributed by atoms with E-state index in [9.17, 15) is 19.2 Å². The van der Waals surface area contributed by atoms with Gasteiger partial charge in [-0.05, 0) is 48.8 Å². The fraction of sp³-hybridized carbons (Fsp3) is 0.565. The van der Waals surface area contributed by atoms with Crippen LogP contribution in [0.2, 0.25) is 10.0 Å². The highest BCUT2D eigenvalue weighted by Crippen LogP contribution is 2.60. The zero-order valence-electron chi connectivity index (χ0n) is 18.0. The first kappa shape index (κ1) is 25.1. The van der Waals surface area contributed by atoms with Crippen molar-refractivity contribution in [3.63, 3.8) is 0 Å². The molecule has 178 valence electrons. The van der Waals surface area contributed by atoms with Gasteiger partial charge in [-0.2, -0.15) is 0 Å². The number of benzene rings is 1. The Hall–Kier alpha value is -0.960. The number of Topliss-reactive ketones (excluding diaryl/α,β-unsaturated/α-hetero) is 1. The van der Waals surface area contributed by atoms with Gasteiger partial charge in [-0.1, -0.05) is 68.9 Å². The molecule has 2 aliphatic carbocycles. The summed E-state index contributed by atoms with van der Waals surface area (Å²) in [6.07, 6.45) is 1.07. The fourth-order valence-electron chi connectivity index (χ4n) is 5.46. The number of carbonyl (C=O) groups is 4. The number of ether oxygens (including phenoxy) is 1. The molecule has 2 amide bonds. The second kappa shape index (κ2) is 9.59. The van der Waals surface area contributed by atoms with Crippen molar-refractivity contribution >= 4 is 78.6 Å². The van der Waals surface area contributed by atoms with Crippen LogP contribution in [0.25, 0.3) is 0 Å². The van der Waals surface area contributed by atoms with E-state index in [2.05, 4.69) is 31.9 Å². The lowest BCUT2D eigenvalue weighted by atomic mass is 9.81. The van der Waals surface area contributed by atoms with E-state index >= 15 is 0 Å². The molecule has 1 heterocycles. The summed E-state index contributed by atoms with van der Waals surface area (Å²) in [7, 11) is 0. The number of ketones is 1. The number of hydrogen-bond acceptors (Lipinski definition) is 5. The van der Waals surface area contributed by atoms with Crippen molar-refractivity contribution in [2.24, 2.45) is 29.6 Å². The normalized spacial score (nSPS) is 31.3. The van der Waals surface area contributed by atoms with E-state index in [1.54, 1.807) is 0 Å². The number of fused-ring (bicyclic) bond motifs is 5. The molecule has 2 bridgehead atoms. The quantitative estimate of drug-likeness (QED) is 0.187. The van der Waals surface area contributed by atoms with Crippen molar-refractivity contribution in [3.05, 3.63) is 33.8 Å². The number of carbonyl (C=O) groups excluding carboxylic acids is 4. The Morgan fingerprint density at radius 2 is 1.67 bits per heavy atom. The van der Waals surface area contributed by atoms with E-state index in [0.717, 1.165) is 11.3 Å². The number of esters is 1. The van der Waals surface area contributed by atoms with Crippen LogP contribution in [0.5, 0.6) is 0 Å². The standard InChI is InChI=1S/C23H23Br2Cl2NO5/c1-9(2)5-15(23(32)33-8-16(29)11-4-3-10(26)6-14(11)27)28-21(30)17-12-7-13(18(17)22(28)31)20(25)19(12)24/h3-4,6,9,12-13,15,17-20H,5,7-8H2,1-2H3/t12-,13-,15+,17-,18+,19-,20+/m0/s1. The highest BCUT2D eigenvalue weighted by atomic mass is 79.9. The van der Waals surface area contributed by atoms with Gasteiger partial charge in [0.25, 0.3) is 0 Å². The second-order valence-corrected chi connectivity index (χ2v) is 12.3. The third-order valence-electron chi connectivity index (χ3n) is 6.88. The van der Waals surface area contributed by atoms with Crippen molar-refractivity contribution in [3.8, 4) is 0 Å². The van der Waals surface area contributed by atoms with Crippen molar-refractivity contribution < 1.29 is 23.9 Å². The van der Waals surface area contributed by atoms with E-state index in [1.807, 2.05) is 13.8 Å². The largest absolute Gasteiger partial charge is 0.456 e. The lowest BCUT2D eigenvalue weighted by molar-refractivity contribution is -0.159. The van der Waals surface area contributed by atoms with Gasteiger partial charge in [0.1, 0.15) is 6.04 Å². The minimum atomic E-state index is -1.06. The first-order valence-corrected chi connectivity index (χ1v) is 13.4. The lowest BCUT2D eigenvalue weighted by Gasteiger charge is -2.28. The molecule has 0 spiro atoms. The van der Waals surface area contributed by atoms with Crippen LogP contribution in [-0.4, -0.2) is 50.8 Å². The molecule has 4 rings (SSSR count). The number of hydrogen-bond donors (Lipinski definition) is 0. The van der Waals surface area contributed by atoms with Crippen LogP contribution in [0, 0.1) is 29.6 Å². The average molecular weight is 624 g/mol. The van der Waals surface area contributed by atoms with E-state index < -0.39 is 36.2 Å². The van der Waals surface area contributed by atoms with Crippen LogP contribution in [0.1, 0.15) is 37.0 Å². The summed E-state index contributed by atoms with van der Waals surface area (Å²) in [5.74, 6) is -2.59. The highest BCUT2D eigenvalue weighted by molar-refractivity contribution is 9.12. The SMILES string of the molecule is CC(C)C[C@H](C(=O)OCC(=O)c1ccc(Cl)cc1Cl)N1C(=O)[C@@H]2[C@@H]3C[C@H]([C@H](Br)[C@@H]3Br)[C@@H]2C1=O. The molecule has 6 nitrogen and oxygen atoms in total. The van der Waals surface area contributed by atoms with E-state index in [4.69, 9.17) is 27.9 Å². The fourth-order valence-corrected chi connectivity index (χ4v) is 7.85. The molecule has 2 saturated carbocycles. The number of halogens is 4. The summed E-state index contributed by atoms with van der Waals surface area (Å²) in [5.41, 5.74) is 0.181. The summed E-state index contributed by atoms with van der Waals surface area (Å²) in [5, 5.41) is 0.539. The van der Waals surface area contributed by atoms with Crippen molar-refractivity contribution in [2.45, 2.75) is 42.4 Å². The van der Waals surface area contributed by atoms with Gasteiger partial charge < -0.3 is 4.74 Å². The molecule has 0 N–H and O–H groups in total. The molecule has 0 unspecified atom stereocenters. The Bertz CT molecular complexity index is 987. The average Bonchev–Trinajstić information content (AvgIpc) is 3.35. The first-order chi connectivity index (χ1) is 15.5. The van der Waals surface area contributed by atoms with E-state index in [-0.39, 0.29) is 56.2 Å². The summed E-state index contributed by atoms with van der Waals surface area (Å²) in [4.78, 5) is 53.7. The lowest BCUT2D eigenvalue weighted by Crippen LogP contribution is -2.48. The van der Waals surface area contributed by atoms with Gasteiger partial charge in [0.2, 0.25) is 17.6 Å². The molecule has 1 aromatic carbocycles. The first-order valence-electron chi connectivity index (χ1n) is 10.8. The monoisotopic (exact) mass is 621 g/mol. The minimum absolute atomic E-state index is 0.0228. The van der Waals surface area contributed by atoms with Gasteiger partial charge in [-0.15, -0.1) is 0 Å². The molecule has 1 aliphatic heterocycles. The molecule has 0 radical (unpaired) electrons. The van der Waals surface area contributed by atoms with Gasteiger partial charge in [0.15, 0.2) is 6.61 Å². The van der Waals surface area contributed by atoms with E-state index in [0.29, 0.717) is 5.02 Å². The number of amides is 2. The van der Waals surface area contributed by atoms with Crippen LogP contribution in [-0.2, 0) is 19.1 Å². The van der Waals surface area contributed by atoms with Crippen LogP contribution >= 0.6 is 55.1 Å². The van der Waals surface area contributed by atoms with Gasteiger partial charge in [0, 0.05) is 20.2 Å². The predicted molar refractivity (Wildman–Crippen MR) is 131 cm³/mol. The maximum atomic E-state index is 13.4. The number of alkyl halides is 2. The highest BCUT2D eigenvalue weighted by Gasteiger charge is 2.67. The third-order valence-corrected chi connectivity index (χ3v) is 10.6. The molecule has 3 aliphatic rings. The Balaban J connectivity index is 1.51. The van der Waals surface area contributed by atoms with E-state index in [1.165, 1.54) is 18.2 Å². The predicted octanol–water partition coefficient (Wildman–Crippen LogP) is 4.91. The third kappa shape index (κ3) is 4.41. The van der Waals surface area contributed by atoms with Gasteiger partial charge in [-0.3, -0.25) is 19.3 Å². The molecule has 1 aromatic rings. The van der Waals surface area contributed by atoms with Crippen LogP contribution in [0.3, 0.4) is 0 Å². The van der Waals surface area contributed by atoms with Crippen LogP contribution < -0.4 is 0 Å². The zero-order chi connectivity index (χ0) is 24.2. The number of likely N-dealkylation sites (tertiary alicyclic amines) is 1. The number of imide groups is 1. The smallest absolute Gasteiger partial charge is 0.329 e. The maximum Gasteiger partial charge on any atom is 0.329 e. The van der Waals surface area contributed by atoms with Crippen molar-refractivity contribution in [1.82, 2.24) is 4.90 Å². The Labute approximate surface area is 218 Å².